The Morgan fingerprint density at radius 2 is 1.95 bits per heavy atom. The van der Waals surface area contributed by atoms with Gasteiger partial charge in [0.25, 0.3) is 0 Å². The van der Waals surface area contributed by atoms with Gasteiger partial charge in [-0.2, -0.15) is 0 Å². The van der Waals surface area contributed by atoms with E-state index in [0.717, 1.165) is 25.9 Å². The van der Waals surface area contributed by atoms with Crippen LogP contribution in [0, 0.1) is 6.92 Å². The predicted molar refractivity (Wildman–Crippen MR) is 78.9 cm³/mol. The molecule has 1 saturated heterocycles. The standard InChI is InChI=1S/C15H23N3O3/c1-12-11-14(16-21-12)18(13(2)19)10-7-15(20)17-8-5-3-4-6-9-17/h11H,3-10H2,1-2H3. The van der Waals surface area contributed by atoms with E-state index in [1.54, 1.807) is 13.0 Å². The highest BCUT2D eigenvalue weighted by Crippen LogP contribution is 2.16. The Morgan fingerprint density at radius 1 is 1.29 bits per heavy atom. The van der Waals surface area contributed by atoms with E-state index in [9.17, 15) is 9.59 Å². The molecule has 2 heterocycles. The lowest BCUT2D eigenvalue weighted by Crippen LogP contribution is -2.37. The summed E-state index contributed by atoms with van der Waals surface area (Å²) in [5, 5.41) is 3.85. The Kier molecular flexibility index (Phi) is 5.36. The maximum absolute atomic E-state index is 12.3. The number of aromatic nitrogens is 1. The molecule has 1 aliphatic rings. The second-order valence-corrected chi connectivity index (χ2v) is 5.51. The second-order valence-electron chi connectivity index (χ2n) is 5.51. The zero-order valence-corrected chi connectivity index (χ0v) is 12.8. The monoisotopic (exact) mass is 293 g/mol. The molecular weight excluding hydrogens is 270 g/mol. The third-order valence-corrected chi connectivity index (χ3v) is 3.78. The predicted octanol–water partition coefficient (Wildman–Crippen LogP) is 2.13. The number of hydrogen-bond donors (Lipinski definition) is 0. The SMILES string of the molecule is CC(=O)N(CCC(=O)N1CCCCCC1)c1cc(C)on1. The summed E-state index contributed by atoms with van der Waals surface area (Å²) in [6.45, 7) is 5.26. The third kappa shape index (κ3) is 4.31. The van der Waals surface area contributed by atoms with Gasteiger partial charge in [0, 0.05) is 39.0 Å². The maximum atomic E-state index is 12.3. The minimum Gasteiger partial charge on any atom is -0.360 e. The van der Waals surface area contributed by atoms with Crippen LogP contribution in [0.2, 0.25) is 0 Å². The van der Waals surface area contributed by atoms with Crippen LogP contribution < -0.4 is 4.90 Å². The van der Waals surface area contributed by atoms with E-state index in [1.165, 1.54) is 24.7 Å². The Morgan fingerprint density at radius 3 is 2.48 bits per heavy atom. The van der Waals surface area contributed by atoms with Crippen LogP contribution in [-0.2, 0) is 9.59 Å². The van der Waals surface area contributed by atoms with Gasteiger partial charge < -0.3 is 9.42 Å². The summed E-state index contributed by atoms with van der Waals surface area (Å²) < 4.78 is 5.00. The molecule has 1 aliphatic heterocycles. The van der Waals surface area contributed by atoms with Crippen LogP contribution in [0.15, 0.2) is 10.6 Å². The van der Waals surface area contributed by atoms with Crippen molar-refractivity contribution in [2.75, 3.05) is 24.5 Å². The van der Waals surface area contributed by atoms with Gasteiger partial charge in [-0.1, -0.05) is 18.0 Å². The molecule has 116 valence electrons. The fraction of sp³-hybridized carbons (Fsp3) is 0.667. The van der Waals surface area contributed by atoms with Gasteiger partial charge in [-0.25, -0.2) is 0 Å². The van der Waals surface area contributed by atoms with Crippen LogP contribution in [0.5, 0.6) is 0 Å². The molecule has 6 nitrogen and oxygen atoms in total. The Balaban J connectivity index is 1.92. The van der Waals surface area contributed by atoms with Crippen molar-refractivity contribution in [3.63, 3.8) is 0 Å². The first-order valence-corrected chi connectivity index (χ1v) is 7.57. The highest BCUT2D eigenvalue weighted by Gasteiger charge is 2.20. The Hall–Kier alpha value is -1.85. The summed E-state index contributed by atoms with van der Waals surface area (Å²) in [4.78, 5) is 27.4. The lowest BCUT2D eigenvalue weighted by atomic mass is 10.2. The lowest BCUT2D eigenvalue weighted by Gasteiger charge is -2.23. The van der Waals surface area contributed by atoms with Crippen molar-refractivity contribution < 1.29 is 14.1 Å². The normalized spacial score (nSPS) is 15.6. The van der Waals surface area contributed by atoms with Gasteiger partial charge in [0.1, 0.15) is 5.76 Å². The molecule has 0 N–H and O–H groups in total. The summed E-state index contributed by atoms with van der Waals surface area (Å²) in [5.74, 6) is 1.11. The summed E-state index contributed by atoms with van der Waals surface area (Å²) in [6, 6.07) is 1.71. The van der Waals surface area contributed by atoms with E-state index < -0.39 is 0 Å². The molecule has 0 bridgehead atoms. The lowest BCUT2D eigenvalue weighted by molar-refractivity contribution is -0.131. The van der Waals surface area contributed by atoms with Crippen molar-refractivity contribution >= 4 is 17.6 Å². The first-order chi connectivity index (χ1) is 10.1. The van der Waals surface area contributed by atoms with Crippen LogP contribution in [0.4, 0.5) is 5.82 Å². The van der Waals surface area contributed by atoms with Crippen molar-refractivity contribution in [2.24, 2.45) is 0 Å². The van der Waals surface area contributed by atoms with Gasteiger partial charge in [0.15, 0.2) is 5.82 Å². The molecule has 0 spiro atoms. The first-order valence-electron chi connectivity index (χ1n) is 7.57. The number of carbonyl (C=O) groups excluding carboxylic acids is 2. The van der Waals surface area contributed by atoms with Crippen LogP contribution in [-0.4, -0.2) is 41.5 Å². The molecule has 0 atom stereocenters. The van der Waals surface area contributed by atoms with E-state index in [1.807, 2.05) is 4.90 Å². The highest BCUT2D eigenvalue weighted by atomic mass is 16.5. The molecule has 0 aromatic carbocycles. The molecule has 0 aliphatic carbocycles. The van der Waals surface area contributed by atoms with Gasteiger partial charge in [0.05, 0.1) is 0 Å². The first kappa shape index (κ1) is 15.5. The van der Waals surface area contributed by atoms with Crippen LogP contribution in [0.25, 0.3) is 0 Å². The Labute approximate surface area is 125 Å². The molecular formula is C15H23N3O3. The molecule has 2 rings (SSSR count). The topological polar surface area (TPSA) is 66.7 Å². The van der Waals surface area contributed by atoms with Gasteiger partial charge in [-0.15, -0.1) is 0 Å². The average molecular weight is 293 g/mol. The van der Waals surface area contributed by atoms with Crippen molar-refractivity contribution in [3.05, 3.63) is 11.8 Å². The number of carbonyl (C=O) groups is 2. The maximum Gasteiger partial charge on any atom is 0.225 e. The smallest absolute Gasteiger partial charge is 0.225 e. The van der Waals surface area contributed by atoms with Gasteiger partial charge in [-0.05, 0) is 19.8 Å². The van der Waals surface area contributed by atoms with E-state index in [-0.39, 0.29) is 11.8 Å². The number of rotatable bonds is 4. The summed E-state index contributed by atoms with van der Waals surface area (Å²) in [6.07, 6.45) is 4.86. The molecule has 21 heavy (non-hydrogen) atoms. The number of hydrogen-bond acceptors (Lipinski definition) is 4. The highest BCUT2D eigenvalue weighted by molar-refractivity contribution is 5.91. The second kappa shape index (κ2) is 7.24. The molecule has 0 unspecified atom stereocenters. The summed E-state index contributed by atoms with van der Waals surface area (Å²) >= 11 is 0. The molecule has 6 heteroatoms. The third-order valence-electron chi connectivity index (χ3n) is 3.78. The zero-order chi connectivity index (χ0) is 15.2. The largest absolute Gasteiger partial charge is 0.360 e. The quantitative estimate of drug-likeness (QED) is 0.853. The van der Waals surface area contributed by atoms with E-state index in [0.29, 0.717) is 24.5 Å². The Bertz CT molecular complexity index is 490. The zero-order valence-electron chi connectivity index (χ0n) is 12.8. The number of likely N-dealkylation sites (tertiary alicyclic amines) is 1. The average Bonchev–Trinajstić information content (AvgIpc) is 2.71. The minimum atomic E-state index is -0.132. The van der Waals surface area contributed by atoms with Gasteiger partial charge >= 0.3 is 0 Å². The summed E-state index contributed by atoms with van der Waals surface area (Å²) in [7, 11) is 0. The van der Waals surface area contributed by atoms with E-state index in [4.69, 9.17) is 4.52 Å². The molecule has 1 fully saturated rings. The van der Waals surface area contributed by atoms with Crippen molar-refractivity contribution in [3.8, 4) is 0 Å². The van der Waals surface area contributed by atoms with Crippen LogP contribution >= 0.6 is 0 Å². The number of amides is 2. The van der Waals surface area contributed by atoms with Crippen molar-refractivity contribution in [1.29, 1.82) is 0 Å². The van der Waals surface area contributed by atoms with Crippen LogP contribution in [0.3, 0.4) is 0 Å². The van der Waals surface area contributed by atoms with Crippen molar-refractivity contribution in [2.45, 2.75) is 46.0 Å². The number of aryl methyl sites for hydroxylation is 1. The van der Waals surface area contributed by atoms with Crippen molar-refractivity contribution in [1.82, 2.24) is 10.1 Å². The molecule has 2 amide bonds. The molecule has 1 aromatic heterocycles. The molecule has 0 radical (unpaired) electrons. The fourth-order valence-corrected chi connectivity index (χ4v) is 2.60. The van der Waals surface area contributed by atoms with Gasteiger partial charge in [0.2, 0.25) is 11.8 Å². The van der Waals surface area contributed by atoms with E-state index >= 15 is 0 Å². The fourth-order valence-electron chi connectivity index (χ4n) is 2.60. The summed E-state index contributed by atoms with van der Waals surface area (Å²) in [5.41, 5.74) is 0. The van der Waals surface area contributed by atoms with Gasteiger partial charge in [-0.3, -0.25) is 14.5 Å². The molecule has 0 saturated carbocycles. The number of nitrogens with zero attached hydrogens (tertiary/aromatic N) is 3. The van der Waals surface area contributed by atoms with E-state index in [2.05, 4.69) is 5.16 Å². The van der Waals surface area contributed by atoms with Crippen LogP contribution in [0.1, 0.15) is 44.8 Å². The number of anilines is 1. The minimum absolute atomic E-state index is 0.114. The molecule has 1 aromatic rings.